The zero-order chi connectivity index (χ0) is 18.1. The highest BCUT2D eigenvalue weighted by molar-refractivity contribution is 5.85. The van der Waals surface area contributed by atoms with Gasteiger partial charge < -0.3 is 14.8 Å². The molecule has 0 aliphatic carbocycles. The Kier molecular flexibility index (Phi) is 4.09. The average Bonchev–Trinajstić information content (AvgIpc) is 3.18. The average molecular weight is 344 g/mol. The van der Waals surface area contributed by atoms with Crippen molar-refractivity contribution in [1.29, 1.82) is 0 Å². The number of benzene rings is 2. The largest absolute Gasteiger partial charge is 0.505 e. The number of rotatable bonds is 4. The molecule has 0 fully saturated rings. The lowest BCUT2D eigenvalue weighted by molar-refractivity contribution is 0.458. The van der Waals surface area contributed by atoms with Crippen LogP contribution in [-0.4, -0.2) is 10.1 Å². The standard InChI is InChI=1S/C22H20N2O2/c1-14-7-9-17(13-15(14)2)24-21(19-6-4-12-26-19)18-10-8-16-5-3-11-23-20(16)22(18)25/h3-13,21,24-25H,1-2H3. The third kappa shape index (κ3) is 2.90. The Bertz CT molecular complexity index is 1060. The molecule has 0 amide bonds. The van der Waals surface area contributed by atoms with Gasteiger partial charge in [-0.15, -0.1) is 0 Å². The summed E-state index contributed by atoms with van der Waals surface area (Å²) < 4.78 is 5.65. The molecule has 0 bridgehead atoms. The van der Waals surface area contributed by atoms with E-state index in [0.717, 1.165) is 22.4 Å². The van der Waals surface area contributed by atoms with E-state index in [1.807, 2.05) is 42.5 Å². The Balaban J connectivity index is 1.81. The van der Waals surface area contributed by atoms with Crippen LogP contribution >= 0.6 is 0 Å². The molecule has 0 radical (unpaired) electrons. The van der Waals surface area contributed by atoms with Gasteiger partial charge in [-0.1, -0.05) is 24.3 Å². The Morgan fingerprint density at radius 3 is 2.65 bits per heavy atom. The van der Waals surface area contributed by atoms with Crippen LogP contribution in [0.25, 0.3) is 10.9 Å². The maximum Gasteiger partial charge on any atom is 0.147 e. The first-order valence-electron chi connectivity index (χ1n) is 8.57. The molecule has 2 aromatic carbocycles. The van der Waals surface area contributed by atoms with Crippen LogP contribution in [0, 0.1) is 13.8 Å². The number of hydrogen-bond acceptors (Lipinski definition) is 4. The van der Waals surface area contributed by atoms with Gasteiger partial charge in [0.15, 0.2) is 0 Å². The second-order valence-corrected chi connectivity index (χ2v) is 6.47. The number of nitrogens with one attached hydrogen (secondary N) is 1. The minimum absolute atomic E-state index is 0.167. The molecule has 2 N–H and O–H groups in total. The fraction of sp³-hybridized carbons (Fsp3) is 0.136. The first-order chi connectivity index (χ1) is 12.6. The van der Waals surface area contributed by atoms with Crippen LogP contribution in [0.4, 0.5) is 5.69 Å². The van der Waals surface area contributed by atoms with E-state index in [9.17, 15) is 5.11 Å². The van der Waals surface area contributed by atoms with Gasteiger partial charge in [-0.25, -0.2) is 0 Å². The number of pyridine rings is 1. The first kappa shape index (κ1) is 16.2. The lowest BCUT2D eigenvalue weighted by Gasteiger charge is -2.20. The molecule has 1 unspecified atom stereocenters. The second-order valence-electron chi connectivity index (χ2n) is 6.47. The molecule has 130 valence electrons. The van der Waals surface area contributed by atoms with Crippen LogP contribution in [-0.2, 0) is 0 Å². The lowest BCUT2D eigenvalue weighted by Crippen LogP contribution is -2.12. The van der Waals surface area contributed by atoms with E-state index < -0.39 is 0 Å². The Morgan fingerprint density at radius 2 is 1.88 bits per heavy atom. The van der Waals surface area contributed by atoms with Crippen LogP contribution in [0.3, 0.4) is 0 Å². The normalized spacial score (nSPS) is 12.2. The Morgan fingerprint density at radius 1 is 1.00 bits per heavy atom. The van der Waals surface area contributed by atoms with Crippen molar-refractivity contribution in [3.05, 3.63) is 89.5 Å². The van der Waals surface area contributed by atoms with Gasteiger partial charge in [0, 0.05) is 22.8 Å². The molecule has 1 atom stereocenters. The van der Waals surface area contributed by atoms with Gasteiger partial charge in [-0.05, 0) is 55.3 Å². The number of anilines is 1. The molecule has 4 rings (SSSR count). The Labute approximate surface area is 152 Å². The fourth-order valence-corrected chi connectivity index (χ4v) is 3.13. The van der Waals surface area contributed by atoms with E-state index in [1.165, 1.54) is 11.1 Å². The molecule has 2 heterocycles. The van der Waals surface area contributed by atoms with Crippen molar-refractivity contribution >= 4 is 16.6 Å². The third-order valence-electron chi connectivity index (χ3n) is 4.74. The van der Waals surface area contributed by atoms with Crippen molar-refractivity contribution in [3.8, 4) is 5.75 Å². The minimum atomic E-state index is -0.321. The third-order valence-corrected chi connectivity index (χ3v) is 4.74. The van der Waals surface area contributed by atoms with Gasteiger partial charge in [-0.2, -0.15) is 0 Å². The van der Waals surface area contributed by atoms with E-state index >= 15 is 0 Å². The molecular formula is C22H20N2O2. The highest BCUT2D eigenvalue weighted by atomic mass is 16.3. The van der Waals surface area contributed by atoms with Gasteiger partial charge in [0.1, 0.15) is 23.1 Å². The summed E-state index contributed by atoms with van der Waals surface area (Å²) in [5, 5.41) is 15.2. The molecular weight excluding hydrogens is 324 g/mol. The van der Waals surface area contributed by atoms with Crippen LogP contribution in [0.2, 0.25) is 0 Å². The molecule has 0 aliphatic rings. The smallest absolute Gasteiger partial charge is 0.147 e. The molecule has 26 heavy (non-hydrogen) atoms. The van der Waals surface area contributed by atoms with E-state index in [0.29, 0.717) is 5.52 Å². The molecule has 0 aliphatic heterocycles. The quantitative estimate of drug-likeness (QED) is 0.524. The summed E-state index contributed by atoms with van der Waals surface area (Å²) in [5.74, 6) is 0.898. The van der Waals surface area contributed by atoms with E-state index in [4.69, 9.17) is 4.42 Å². The van der Waals surface area contributed by atoms with Gasteiger partial charge in [0.05, 0.1) is 6.26 Å². The zero-order valence-electron chi connectivity index (χ0n) is 14.7. The maximum absolute atomic E-state index is 10.9. The monoisotopic (exact) mass is 344 g/mol. The summed E-state index contributed by atoms with van der Waals surface area (Å²) in [6.45, 7) is 4.17. The van der Waals surface area contributed by atoms with Gasteiger partial charge >= 0.3 is 0 Å². The zero-order valence-corrected chi connectivity index (χ0v) is 14.7. The molecule has 4 aromatic rings. The van der Waals surface area contributed by atoms with Crippen LogP contribution in [0.5, 0.6) is 5.75 Å². The number of aromatic hydroxyl groups is 1. The number of furan rings is 1. The predicted molar refractivity (Wildman–Crippen MR) is 103 cm³/mol. The first-order valence-corrected chi connectivity index (χ1v) is 8.57. The number of phenols is 1. The van der Waals surface area contributed by atoms with Gasteiger partial charge in [-0.3, -0.25) is 4.98 Å². The molecule has 2 aromatic heterocycles. The minimum Gasteiger partial charge on any atom is -0.505 e. The van der Waals surface area contributed by atoms with Crippen LogP contribution in [0.15, 0.2) is 71.5 Å². The SMILES string of the molecule is Cc1ccc(NC(c2ccco2)c2ccc3cccnc3c2O)cc1C. The van der Waals surface area contributed by atoms with Crippen molar-refractivity contribution in [2.75, 3.05) is 5.32 Å². The highest BCUT2D eigenvalue weighted by Crippen LogP contribution is 2.36. The number of aromatic nitrogens is 1. The fourth-order valence-electron chi connectivity index (χ4n) is 3.13. The van der Waals surface area contributed by atoms with E-state index in [1.54, 1.807) is 12.5 Å². The number of hydrogen-bond donors (Lipinski definition) is 2. The Hall–Kier alpha value is -3.27. The maximum atomic E-state index is 10.9. The van der Waals surface area contributed by atoms with Crippen molar-refractivity contribution in [2.45, 2.75) is 19.9 Å². The molecule has 4 nitrogen and oxygen atoms in total. The summed E-state index contributed by atoms with van der Waals surface area (Å²) in [4.78, 5) is 4.33. The van der Waals surface area contributed by atoms with Crippen molar-refractivity contribution < 1.29 is 9.52 Å². The van der Waals surface area contributed by atoms with E-state index in [-0.39, 0.29) is 11.8 Å². The predicted octanol–water partition coefficient (Wildman–Crippen LogP) is 5.35. The van der Waals surface area contributed by atoms with Crippen molar-refractivity contribution in [1.82, 2.24) is 4.98 Å². The second kappa shape index (κ2) is 6.56. The summed E-state index contributed by atoms with van der Waals surface area (Å²) >= 11 is 0. The number of aryl methyl sites for hydroxylation is 2. The van der Waals surface area contributed by atoms with Gasteiger partial charge in [0.2, 0.25) is 0 Å². The van der Waals surface area contributed by atoms with Crippen LogP contribution in [0.1, 0.15) is 28.5 Å². The number of fused-ring (bicyclic) bond motifs is 1. The van der Waals surface area contributed by atoms with Gasteiger partial charge in [0.25, 0.3) is 0 Å². The number of nitrogens with zero attached hydrogens (tertiary/aromatic N) is 1. The summed E-state index contributed by atoms with van der Waals surface area (Å²) in [5.41, 5.74) is 4.73. The molecule has 4 heteroatoms. The number of phenolic OH excluding ortho intramolecular Hbond substituents is 1. The van der Waals surface area contributed by atoms with Crippen molar-refractivity contribution in [2.24, 2.45) is 0 Å². The molecule has 0 spiro atoms. The topological polar surface area (TPSA) is 58.3 Å². The lowest BCUT2D eigenvalue weighted by atomic mass is 10.00. The highest BCUT2D eigenvalue weighted by Gasteiger charge is 2.22. The molecule has 0 saturated heterocycles. The molecule has 0 saturated carbocycles. The van der Waals surface area contributed by atoms with E-state index in [2.05, 4.69) is 36.3 Å². The summed E-state index contributed by atoms with van der Waals surface area (Å²) in [6.07, 6.45) is 3.32. The van der Waals surface area contributed by atoms with Crippen LogP contribution < -0.4 is 5.32 Å². The summed E-state index contributed by atoms with van der Waals surface area (Å²) in [7, 11) is 0. The summed E-state index contributed by atoms with van der Waals surface area (Å²) in [6, 6.07) is 17.3. The van der Waals surface area contributed by atoms with Crippen molar-refractivity contribution in [3.63, 3.8) is 0 Å².